The molecule has 0 saturated carbocycles. The summed E-state index contributed by atoms with van der Waals surface area (Å²) in [5.41, 5.74) is 6.32. The van der Waals surface area contributed by atoms with E-state index in [1.165, 1.54) is 6.07 Å². The summed E-state index contributed by atoms with van der Waals surface area (Å²) >= 11 is 0. The molecule has 1 amide bonds. The van der Waals surface area contributed by atoms with Crippen molar-refractivity contribution in [2.45, 2.75) is 19.9 Å². The summed E-state index contributed by atoms with van der Waals surface area (Å²) in [6.45, 7) is 3.87. The molecule has 110 valence electrons. The Bertz CT molecular complexity index is 751. The van der Waals surface area contributed by atoms with Crippen LogP contribution in [-0.4, -0.2) is 23.9 Å². The summed E-state index contributed by atoms with van der Waals surface area (Å²) < 4.78 is 5.52. The average Bonchev–Trinajstić information content (AvgIpc) is 2.92. The van der Waals surface area contributed by atoms with Gasteiger partial charge in [0.15, 0.2) is 5.43 Å². The van der Waals surface area contributed by atoms with Crippen molar-refractivity contribution in [3.63, 3.8) is 0 Å². The number of carbonyl (C=O) groups excluding carboxylic acids is 1. The first-order valence-corrected chi connectivity index (χ1v) is 7.14. The zero-order valence-electron chi connectivity index (χ0n) is 12.0. The van der Waals surface area contributed by atoms with Crippen LogP contribution in [0.4, 0.5) is 0 Å². The van der Waals surface area contributed by atoms with Crippen molar-refractivity contribution in [3.8, 4) is 0 Å². The van der Waals surface area contributed by atoms with E-state index in [2.05, 4.69) is 6.92 Å². The number of rotatable bonds is 2. The molecule has 2 aromatic rings. The Morgan fingerprint density at radius 1 is 1.43 bits per heavy atom. The van der Waals surface area contributed by atoms with E-state index in [0.29, 0.717) is 28.2 Å². The zero-order chi connectivity index (χ0) is 15.0. The van der Waals surface area contributed by atoms with Crippen LogP contribution in [0.15, 0.2) is 33.5 Å². The van der Waals surface area contributed by atoms with Crippen LogP contribution in [0.3, 0.4) is 0 Å². The Kier molecular flexibility index (Phi) is 3.51. The number of hydrogen-bond donors (Lipinski definition) is 1. The molecule has 2 heterocycles. The smallest absolute Gasteiger partial charge is 0.253 e. The maximum absolute atomic E-state index is 12.4. The van der Waals surface area contributed by atoms with Crippen LogP contribution in [0, 0.1) is 5.92 Å². The van der Waals surface area contributed by atoms with Gasteiger partial charge in [-0.25, -0.2) is 0 Å². The lowest BCUT2D eigenvalue weighted by atomic mass is 10.1. The normalized spacial score (nSPS) is 18.4. The second-order valence-electron chi connectivity index (χ2n) is 5.64. The maximum atomic E-state index is 12.4. The van der Waals surface area contributed by atoms with Gasteiger partial charge < -0.3 is 15.1 Å². The van der Waals surface area contributed by atoms with Crippen molar-refractivity contribution >= 4 is 16.9 Å². The molecule has 1 saturated heterocycles. The van der Waals surface area contributed by atoms with E-state index < -0.39 is 0 Å². The van der Waals surface area contributed by atoms with Crippen LogP contribution in [-0.2, 0) is 6.54 Å². The fourth-order valence-corrected chi connectivity index (χ4v) is 2.74. The highest BCUT2D eigenvalue weighted by atomic mass is 16.3. The predicted octanol–water partition coefficient (Wildman–Crippen LogP) is 1.73. The molecule has 0 unspecified atom stereocenters. The first-order chi connectivity index (χ1) is 10.1. The predicted molar refractivity (Wildman–Crippen MR) is 80.1 cm³/mol. The molecule has 3 rings (SSSR count). The maximum Gasteiger partial charge on any atom is 0.253 e. The second-order valence-corrected chi connectivity index (χ2v) is 5.64. The van der Waals surface area contributed by atoms with Gasteiger partial charge in [0.25, 0.3) is 5.91 Å². The number of carbonyl (C=O) groups is 1. The third-order valence-corrected chi connectivity index (χ3v) is 3.94. The highest BCUT2D eigenvalue weighted by molar-refractivity contribution is 5.97. The van der Waals surface area contributed by atoms with Crippen LogP contribution < -0.4 is 11.2 Å². The van der Waals surface area contributed by atoms with Gasteiger partial charge in [0.1, 0.15) is 11.3 Å². The van der Waals surface area contributed by atoms with E-state index in [1.54, 1.807) is 18.2 Å². The van der Waals surface area contributed by atoms with Crippen molar-refractivity contribution in [3.05, 3.63) is 45.8 Å². The lowest BCUT2D eigenvalue weighted by molar-refractivity contribution is 0.0788. The minimum atomic E-state index is -0.166. The summed E-state index contributed by atoms with van der Waals surface area (Å²) in [7, 11) is 0. The first kappa shape index (κ1) is 13.8. The molecule has 5 heteroatoms. The Hall–Kier alpha value is -2.14. The van der Waals surface area contributed by atoms with Gasteiger partial charge in [-0.1, -0.05) is 6.92 Å². The third-order valence-electron chi connectivity index (χ3n) is 3.94. The van der Waals surface area contributed by atoms with E-state index in [1.807, 2.05) is 4.90 Å². The first-order valence-electron chi connectivity index (χ1n) is 7.14. The standard InChI is InChI=1S/C16H18N2O3/c1-10-4-5-18(9-10)16(20)11-2-3-15-13(6-11)14(19)7-12(8-17)21-15/h2-3,6-7,10H,4-5,8-9,17H2,1H3/t10-/m1/s1. The van der Waals surface area contributed by atoms with E-state index >= 15 is 0 Å². The summed E-state index contributed by atoms with van der Waals surface area (Å²) in [4.78, 5) is 26.3. The Morgan fingerprint density at radius 2 is 2.24 bits per heavy atom. The Morgan fingerprint density at radius 3 is 2.90 bits per heavy atom. The van der Waals surface area contributed by atoms with Crippen LogP contribution >= 0.6 is 0 Å². The Balaban J connectivity index is 1.99. The molecule has 1 aromatic carbocycles. The van der Waals surface area contributed by atoms with Gasteiger partial charge in [0.2, 0.25) is 0 Å². The molecule has 0 aliphatic carbocycles. The van der Waals surface area contributed by atoms with Crippen LogP contribution in [0.1, 0.15) is 29.5 Å². The van der Waals surface area contributed by atoms with Gasteiger partial charge in [0, 0.05) is 24.7 Å². The molecule has 1 aromatic heterocycles. The van der Waals surface area contributed by atoms with Crippen LogP contribution in [0.2, 0.25) is 0 Å². The number of amides is 1. The summed E-state index contributed by atoms with van der Waals surface area (Å²) in [6.07, 6.45) is 1.03. The fraction of sp³-hybridized carbons (Fsp3) is 0.375. The second kappa shape index (κ2) is 5.33. The van der Waals surface area contributed by atoms with Crippen LogP contribution in [0.5, 0.6) is 0 Å². The molecular weight excluding hydrogens is 268 g/mol. The summed E-state index contributed by atoms with van der Waals surface area (Å²) in [5.74, 6) is 0.954. The summed E-state index contributed by atoms with van der Waals surface area (Å²) in [5, 5.41) is 0.422. The van der Waals surface area contributed by atoms with E-state index in [-0.39, 0.29) is 17.9 Å². The lowest BCUT2D eigenvalue weighted by Crippen LogP contribution is -2.28. The molecule has 0 bridgehead atoms. The molecule has 0 radical (unpaired) electrons. The zero-order valence-corrected chi connectivity index (χ0v) is 12.0. The number of nitrogens with two attached hydrogens (primary N) is 1. The van der Waals surface area contributed by atoms with E-state index in [4.69, 9.17) is 10.2 Å². The van der Waals surface area contributed by atoms with Gasteiger partial charge in [-0.2, -0.15) is 0 Å². The molecule has 1 fully saturated rings. The molecule has 1 atom stereocenters. The highest BCUT2D eigenvalue weighted by Gasteiger charge is 2.24. The minimum absolute atomic E-state index is 0.0245. The van der Waals surface area contributed by atoms with Gasteiger partial charge in [-0.15, -0.1) is 0 Å². The van der Waals surface area contributed by atoms with Crippen molar-refractivity contribution in [2.24, 2.45) is 11.7 Å². The number of nitrogens with zero attached hydrogens (tertiary/aromatic N) is 1. The molecule has 1 aliphatic heterocycles. The average molecular weight is 286 g/mol. The van der Waals surface area contributed by atoms with Crippen molar-refractivity contribution < 1.29 is 9.21 Å². The molecule has 21 heavy (non-hydrogen) atoms. The topological polar surface area (TPSA) is 76.5 Å². The molecule has 2 N–H and O–H groups in total. The van der Waals surface area contributed by atoms with Crippen molar-refractivity contribution in [2.75, 3.05) is 13.1 Å². The largest absolute Gasteiger partial charge is 0.459 e. The fourth-order valence-electron chi connectivity index (χ4n) is 2.74. The van der Waals surface area contributed by atoms with Gasteiger partial charge in [0.05, 0.1) is 11.9 Å². The quantitative estimate of drug-likeness (QED) is 0.912. The van der Waals surface area contributed by atoms with Crippen LogP contribution in [0.25, 0.3) is 11.0 Å². The van der Waals surface area contributed by atoms with E-state index in [0.717, 1.165) is 19.5 Å². The number of hydrogen-bond acceptors (Lipinski definition) is 4. The van der Waals surface area contributed by atoms with Crippen molar-refractivity contribution in [1.82, 2.24) is 4.90 Å². The number of fused-ring (bicyclic) bond motifs is 1. The lowest BCUT2D eigenvalue weighted by Gasteiger charge is -2.16. The minimum Gasteiger partial charge on any atom is -0.459 e. The highest BCUT2D eigenvalue weighted by Crippen LogP contribution is 2.20. The number of likely N-dealkylation sites (tertiary alicyclic amines) is 1. The third kappa shape index (κ3) is 2.56. The monoisotopic (exact) mass is 286 g/mol. The summed E-state index contributed by atoms with van der Waals surface area (Å²) in [6, 6.07) is 6.38. The van der Waals surface area contributed by atoms with Gasteiger partial charge >= 0.3 is 0 Å². The van der Waals surface area contributed by atoms with Crippen molar-refractivity contribution in [1.29, 1.82) is 0 Å². The number of benzene rings is 1. The van der Waals surface area contributed by atoms with E-state index in [9.17, 15) is 9.59 Å². The molecule has 5 nitrogen and oxygen atoms in total. The van der Waals surface area contributed by atoms with Gasteiger partial charge in [-0.3, -0.25) is 9.59 Å². The Labute approximate surface area is 122 Å². The molecule has 0 spiro atoms. The molecule has 1 aliphatic rings. The molecular formula is C16H18N2O3. The SMILES string of the molecule is C[C@@H]1CCN(C(=O)c2ccc3oc(CN)cc(=O)c3c2)C1. The van der Waals surface area contributed by atoms with Gasteiger partial charge in [-0.05, 0) is 30.5 Å².